The smallest absolute Gasteiger partial charge is 0.226 e. The Labute approximate surface area is 215 Å². The number of benzene rings is 1. The van der Waals surface area contributed by atoms with E-state index in [0.29, 0.717) is 36.0 Å². The highest BCUT2D eigenvalue weighted by molar-refractivity contribution is 8.13. The molecule has 2 aromatic rings. The van der Waals surface area contributed by atoms with Crippen LogP contribution in [-0.4, -0.2) is 69.0 Å². The number of aromatic nitrogens is 2. The monoisotopic (exact) mass is 523 g/mol. The Balaban J connectivity index is 0.000000623. The van der Waals surface area contributed by atoms with Gasteiger partial charge in [0.2, 0.25) is 5.95 Å². The van der Waals surface area contributed by atoms with E-state index in [1.807, 2.05) is 18.2 Å². The fourth-order valence-corrected chi connectivity index (χ4v) is 5.15. The molecule has 0 amide bonds. The molecule has 1 aliphatic heterocycles. The minimum absolute atomic E-state index is 0.221. The fraction of sp³-hybridized carbons (Fsp3) is 0.542. The van der Waals surface area contributed by atoms with Crippen LogP contribution in [0.25, 0.3) is 0 Å². The molecule has 9 nitrogen and oxygen atoms in total. The number of nitrogens with one attached hydrogen (secondary N) is 2. The summed E-state index contributed by atoms with van der Waals surface area (Å²) in [5.74, 6) is 0.802. The highest BCUT2D eigenvalue weighted by Crippen LogP contribution is 2.38. The van der Waals surface area contributed by atoms with Gasteiger partial charge in [0.15, 0.2) is 5.79 Å². The number of methoxy groups -OCH3 is 1. The molecule has 2 atom stereocenters. The van der Waals surface area contributed by atoms with Gasteiger partial charge in [0.25, 0.3) is 0 Å². The lowest BCUT2D eigenvalue weighted by atomic mass is 10.1. The van der Waals surface area contributed by atoms with Crippen LogP contribution in [0.2, 0.25) is 5.15 Å². The fourth-order valence-electron chi connectivity index (χ4n) is 3.79. The molecule has 1 saturated carbocycles. The second-order valence-corrected chi connectivity index (χ2v) is 10.3. The van der Waals surface area contributed by atoms with Crippen LogP contribution in [0.1, 0.15) is 44.2 Å². The third kappa shape index (κ3) is 8.59. The van der Waals surface area contributed by atoms with Gasteiger partial charge in [0.05, 0.1) is 17.9 Å². The molecule has 0 spiro atoms. The maximum Gasteiger partial charge on any atom is 0.226 e. The number of ether oxygens (including phenoxy) is 1. The van der Waals surface area contributed by atoms with Crippen molar-refractivity contribution >= 4 is 45.9 Å². The van der Waals surface area contributed by atoms with Crippen LogP contribution < -0.4 is 10.6 Å². The SMILES string of the molecule is CC(C)(O)O.COCCNc1nc(Cl)c(C2=Nc3ccccc3CS2)c(N[C@H]2CCC(CO)C2)n1. The van der Waals surface area contributed by atoms with Gasteiger partial charge in [0, 0.05) is 32.1 Å². The molecular weight excluding hydrogens is 490 g/mol. The van der Waals surface area contributed by atoms with Crippen molar-refractivity contribution in [1.29, 1.82) is 0 Å². The van der Waals surface area contributed by atoms with E-state index in [0.717, 1.165) is 41.3 Å². The number of aliphatic hydroxyl groups is 3. The number of aliphatic hydroxyl groups excluding tert-OH is 1. The number of halogens is 1. The predicted octanol–water partition coefficient (Wildman–Crippen LogP) is 3.79. The van der Waals surface area contributed by atoms with Crippen molar-refractivity contribution < 1.29 is 20.1 Å². The summed E-state index contributed by atoms with van der Waals surface area (Å²) in [6.45, 7) is 3.95. The van der Waals surface area contributed by atoms with Crippen molar-refractivity contribution in [2.75, 3.05) is 37.5 Å². The Bertz CT molecular complexity index is 1010. The third-order valence-corrected chi connectivity index (χ3v) is 6.68. The van der Waals surface area contributed by atoms with Crippen molar-refractivity contribution in [3.63, 3.8) is 0 Å². The number of thioether (sulfide) groups is 1. The Morgan fingerprint density at radius 1 is 1.20 bits per heavy atom. The van der Waals surface area contributed by atoms with Crippen LogP contribution in [0.5, 0.6) is 0 Å². The van der Waals surface area contributed by atoms with E-state index in [1.165, 1.54) is 19.4 Å². The Morgan fingerprint density at radius 2 is 1.94 bits per heavy atom. The number of hydrogen-bond acceptors (Lipinski definition) is 10. The summed E-state index contributed by atoms with van der Waals surface area (Å²) in [7, 11) is 1.65. The number of hydrogen-bond donors (Lipinski definition) is 5. The second-order valence-electron chi connectivity index (χ2n) is 9.01. The Hall–Kier alpha value is -1.95. The molecule has 2 aliphatic rings. The lowest BCUT2D eigenvalue weighted by Gasteiger charge is -2.21. The lowest BCUT2D eigenvalue weighted by Crippen LogP contribution is -2.21. The molecule has 1 aromatic heterocycles. The molecule has 0 radical (unpaired) electrons. The zero-order chi connectivity index (χ0) is 25.4. The molecule has 1 unspecified atom stereocenters. The molecule has 5 N–H and O–H groups in total. The minimum atomic E-state index is -1.50. The van der Waals surface area contributed by atoms with Crippen LogP contribution in [0, 0.1) is 5.92 Å². The topological polar surface area (TPSA) is 132 Å². The number of rotatable bonds is 8. The molecule has 0 bridgehead atoms. The normalized spacial score (nSPS) is 19.3. The average molecular weight is 524 g/mol. The van der Waals surface area contributed by atoms with Gasteiger partial charge >= 0.3 is 0 Å². The average Bonchev–Trinajstić information content (AvgIpc) is 3.25. The zero-order valence-corrected chi connectivity index (χ0v) is 21.9. The molecule has 35 heavy (non-hydrogen) atoms. The number of para-hydroxylation sites is 1. The van der Waals surface area contributed by atoms with Gasteiger partial charge in [-0.05, 0) is 50.7 Å². The molecule has 2 heterocycles. The summed E-state index contributed by atoms with van der Waals surface area (Å²) in [5, 5.41) is 33.5. The van der Waals surface area contributed by atoms with Crippen LogP contribution in [0.4, 0.5) is 17.5 Å². The summed E-state index contributed by atoms with van der Waals surface area (Å²) in [6, 6.07) is 8.36. The number of anilines is 2. The van der Waals surface area contributed by atoms with Gasteiger partial charge < -0.3 is 30.7 Å². The first kappa shape index (κ1) is 27.6. The summed E-state index contributed by atoms with van der Waals surface area (Å²) in [6.07, 6.45) is 2.90. The van der Waals surface area contributed by atoms with Gasteiger partial charge in [-0.25, -0.2) is 9.98 Å². The van der Waals surface area contributed by atoms with Crippen molar-refractivity contribution in [2.24, 2.45) is 10.9 Å². The summed E-state index contributed by atoms with van der Waals surface area (Å²) in [4.78, 5) is 14.0. The number of fused-ring (bicyclic) bond motifs is 1. The Morgan fingerprint density at radius 3 is 2.63 bits per heavy atom. The van der Waals surface area contributed by atoms with Crippen LogP contribution in [0.3, 0.4) is 0 Å². The van der Waals surface area contributed by atoms with Crippen LogP contribution >= 0.6 is 23.4 Å². The largest absolute Gasteiger partial charge is 0.396 e. The van der Waals surface area contributed by atoms with Crippen molar-refractivity contribution in [3.05, 3.63) is 40.5 Å². The first-order valence-corrected chi connectivity index (χ1v) is 13.0. The van der Waals surface area contributed by atoms with E-state index in [-0.39, 0.29) is 12.6 Å². The van der Waals surface area contributed by atoms with E-state index in [1.54, 1.807) is 18.9 Å². The first-order valence-electron chi connectivity index (χ1n) is 11.6. The van der Waals surface area contributed by atoms with E-state index >= 15 is 0 Å². The molecule has 11 heteroatoms. The molecule has 4 rings (SSSR count). The van der Waals surface area contributed by atoms with Crippen molar-refractivity contribution in [2.45, 2.75) is 50.7 Å². The molecule has 0 saturated heterocycles. The number of aliphatic imine (C=N–C) groups is 1. The lowest BCUT2D eigenvalue weighted by molar-refractivity contribution is -0.127. The maximum absolute atomic E-state index is 9.49. The van der Waals surface area contributed by atoms with Gasteiger partial charge in [0.1, 0.15) is 16.0 Å². The summed E-state index contributed by atoms with van der Waals surface area (Å²) >= 11 is 8.30. The van der Waals surface area contributed by atoms with Gasteiger partial charge in [-0.3, -0.25) is 0 Å². The van der Waals surface area contributed by atoms with E-state index in [4.69, 9.17) is 36.5 Å². The minimum Gasteiger partial charge on any atom is -0.396 e. The molecule has 1 aliphatic carbocycles. The zero-order valence-electron chi connectivity index (χ0n) is 20.3. The summed E-state index contributed by atoms with van der Waals surface area (Å²) in [5.41, 5.74) is 2.90. The van der Waals surface area contributed by atoms with Gasteiger partial charge in [-0.15, -0.1) is 11.8 Å². The van der Waals surface area contributed by atoms with Crippen molar-refractivity contribution in [3.8, 4) is 0 Å². The molecule has 1 fully saturated rings. The third-order valence-electron chi connectivity index (χ3n) is 5.39. The Kier molecular flexibility index (Phi) is 10.1. The molecule has 192 valence electrons. The highest BCUT2D eigenvalue weighted by Gasteiger charge is 2.28. The molecular formula is C24H34ClN5O4S. The van der Waals surface area contributed by atoms with E-state index in [2.05, 4.69) is 21.7 Å². The van der Waals surface area contributed by atoms with Crippen LogP contribution in [0.15, 0.2) is 29.3 Å². The quantitative estimate of drug-likeness (QED) is 0.199. The van der Waals surface area contributed by atoms with Gasteiger partial charge in [-0.1, -0.05) is 29.8 Å². The van der Waals surface area contributed by atoms with Crippen LogP contribution in [-0.2, 0) is 10.5 Å². The number of nitrogens with zero attached hydrogens (tertiary/aromatic N) is 3. The highest BCUT2D eigenvalue weighted by atomic mass is 35.5. The summed E-state index contributed by atoms with van der Waals surface area (Å²) < 4.78 is 5.10. The van der Waals surface area contributed by atoms with Crippen molar-refractivity contribution in [1.82, 2.24) is 9.97 Å². The second kappa shape index (κ2) is 12.8. The van der Waals surface area contributed by atoms with Gasteiger partial charge in [-0.2, -0.15) is 4.98 Å². The maximum atomic E-state index is 9.49. The molecule has 1 aromatic carbocycles. The van der Waals surface area contributed by atoms with E-state index < -0.39 is 5.79 Å². The predicted molar refractivity (Wildman–Crippen MR) is 142 cm³/mol. The van der Waals surface area contributed by atoms with E-state index in [9.17, 15) is 5.11 Å². The first-order chi connectivity index (χ1) is 16.7. The standard InChI is InChI=1S/C21H26ClN5O2S.C3H8O2/c1-29-9-8-23-21-26-18(22)17(19(27-21)24-15-7-6-13(10-15)11-28)20-25-16-5-3-2-4-14(16)12-30-20;1-3(2,4)5/h2-5,13,15,28H,6-12H2,1H3,(H2,23,24,26,27);4-5H,1-2H3/t13?,15-;/m0./s1.